The van der Waals surface area contributed by atoms with Gasteiger partial charge in [-0.2, -0.15) is 0 Å². The van der Waals surface area contributed by atoms with Crippen LogP contribution in [-0.4, -0.2) is 19.4 Å². The maximum Gasteiger partial charge on any atom is 0.357 e. The largest absolute Gasteiger partial charge is 0.357 e. The van der Waals surface area contributed by atoms with E-state index in [0.717, 1.165) is 0 Å². The summed E-state index contributed by atoms with van der Waals surface area (Å²) >= 11 is 8.66. The molecule has 0 aliphatic heterocycles. The van der Waals surface area contributed by atoms with Crippen molar-refractivity contribution in [1.29, 1.82) is 0 Å². The highest BCUT2D eigenvalue weighted by Gasteiger charge is 1.94. The van der Waals surface area contributed by atoms with Crippen LogP contribution in [0.5, 0.6) is 0 Å². The Morgan fingerprint density at radius 1 is 1.25 bits per heavy atom. The van der Waals surface area contributed by atoms with Crippen LogP contribution in [0.1, 0.15) is 0 Å². The van der Waals surface area contributed by atoms with Crippen molar-refractivity contribution in [3.05, 3.63) is 0 Å². The molecule has 41 valence electrons. The Morgan fingerprint density at radius 2 is 1.62 bits per heavy atom. The molecule has 0 saturated heterocycles. The second-order valence-corrected chi connectivity index (χ2v) is 2.86. The van der Waals surface area contributed by atoms with Gasteiger partial charge in [-0.15, -0.1) is 0 Å². The minimum absolute atomic E-state index is 1.07. The van der Waals surface area contributed by atoms with Gasteiger partial charge in [0.05, 0.1) is 10.3 Å². The summed E-state index contributed by atoms with van der Waals surface area (Å²) < 4.78 is 7.37. The summed E-state index contributed by atoms with van der Waals surface area (Å²) in [5, 5.41) is 4.45. The number of hydrogen-bond donors (Lipinski definition) is 0. The molecular weight excluding hydrogens is 156 g/mol. The Kier molecular flexibility index (Phi) is 4.85. The lowest BCUT2D eigenvalue weighted by molar-refractivity contribution is 1.64. The smallest absolute Gasteiger partial charge is 0.243 e. The van der Waals surface area contributed by atoms with E-state index in [1.165, 1.54) is 0 Å². The number of nitrogens with zero attached hydrogens (tertiary/aromatic N) is 2. The standard InChI is InChI=1S/C3H3N2S2Si/c1-8(4-2-6)5-3-7/h1H3. The first-order chi connectivity index (χ1) is 3.81. The number of thiocarbonyl (C=S) groups is 2. The van der Waals surface area contributed by atoms with Crippen LogP contribution in [0.4, 0.5) is 0 Å². The molecule has 0 atom stereocenters. The van der Waals surface area contributed by atoms with Gasteiger partial charge in [-0.05, 0) is 31.0 Å². The van der Waals surface area contributed by atoms with E-state index < -0.39 is 9.12 Å². The van der Waals surface area contributed by atoms with Gasteiger partial charge in [0.25, 0.3) is 0 Å². The van der Waals surface area contributed by atoms with Crippen LogP contribution in [0.3, 0.4) is 0 Å². The first kappa shape index (κ1) is 7.82. The Labute approximate surface area is 60.1 Å². The van der Waals surface area contributed by atoms with Crippen LogP contribution in [0.25, 0.3) is 0 Å². The fraction of sp³-hybridized carbons (Fsp3) is 0.333. The molecule has 0 rings (SSSR count). The van der Waals surface area contributed by atoms with Crippen molar-refractivity contribution in [2.75, 3.05) is 0 Å². The third kappa shape index (κ3) is 3.99. The minimum atomic E-state index is -1.07. The van der Waals surface area contributed by atoms with E-state index in [0.29, 0.717) is 0 Å². The second-order valence-electron chi connectivity index (χ2n) is 0.953. The highest BCUT2D eigenvalue weighted by Crippen LogP contribution is 1.79. The lowest BCUT2D eigenvalue weighted by atomic mass is 11.7. The molecule has 0 aromatic carbocycles. The van der Waals surface area contributed by atoms with Gasteiger partial charge < -0.3 is 0 Å². The third-order valence-electron chi connectivity index (χ3n) is 0.415. The fourth-order valence-electron chi connectivity index (χ4n) is 0.157. The molecule has 0 unspecified atom stereocenters. The van der Waals surface area contributed by atoms with Gasteiger partial charge >= 0.3 is 9.12 Å². The van der Waals surface area contributed by atoms with Crippen LogP contribution in [0, 0.1) is 0 Å². The van der Waals surface area contributed by atoms with Gasteiger partial charge in [-0.3, -0.25) is 0 Å². The van der Waals surface area contributed by atoms with E-state index in [1.54, 1.807) is 0 Å². The molecule has 5 heteroatoms. The fourth-order valence-corrected chi connectivity index (χ4v) is 1.26. The molecule has 0 heterocycles. The zero-order valence-electron chi connectivity index (χ0n) is 4.21. The summed E-state index contributed by atoms with van der Waals surface area (Å²) in [6.07, 6.45) is 0. The highest BCUT2D eigenvalue weighted by molar-refractivity contribution is 7.78. The number of isothiocyanates is 2. The van der Waals surface area contributed by atoms with E-state index in [4.69, 9.17) is 0 Å². The first-order valence-corrected chi connectivity index (χ1v) is 4.51. The molecule has 0 aliphatic rings. The second kappa shape index (κ2) is 4.96. The summed E-state index contributed by atoms with van der Waals surface area (Å²) in [7, 11) is -1.07. The number of rotatable bonds is 2. The van der Waals surface area contributed by atoms with Crippen LogP contribution < -0.4 is 0 Å². The molecule has 1 radical (unpaired) electrons. The Bertz CT molecular complexity index is 139. The molecule has 0 fully saturated rings. The monoisotopic (exact) mass is 159 g/mol. The molecule has 0 spiro atoms. The molecular formula is C3H3N2S2Si. The van der Waals surface area contributed by atoms with Gasteiger partial charge in [0.15, 0.2) is 0 Å². The first-order valence-electron chi connectivity index (χ1n) is 1.80. The van der Waals surface area contributed by atoms with Crippen molar-refractivity contribution in [3.8, 4) is 0 Å². The topological polar surface area (TPSA) is 24.7 Å². The summed E-state index contributed by atoms with van der Waals surface area (Å²) in [4.78, 5) is 0. The summed E-state index contributed by atoms with van der Waals surface area (Å²) in [6.45, 7) is 1.85. The molecule has 0 N–H and O–H groups in total. The number of hydrogen-bond acceptors (Lipinski definition) is 4. The van der Waals surface area contributed by atoms with E-state index >= 15 is 0 Å². The van der Waals surface area contributed by atoms with Crippen molar-refractivity contribution in [2.24, 2.45) is 9.32 Å². The molecule has 0 saturated carbocycles. The lowest BCUT2D eigenvalue weighted by Crippen LogP contribution is -1.95. The SMILES string of the molecule is C[Si](N=C=S)N=C=S. The Hall–Kier alpha value is -0.183. The molecule has 0 aliphatic carbocycles. The maximum absolute atomic E-state index is 4.33. The third-order valence-corrected chi connectivity index (χ3v) is 1.79. The van der Waals surface area contributed by atoms with E-state index in [1.807, 2.05) is 6.55 Å². The molecule has 0 bridgehead atoms. The maximum atomic E-state index is 4.33. The quantitative estimate of drug-likeness (QED) is 0.345. The van der Waals surface area contributed by atoms with E-state index in [-0.39, 0.29) is 0 Å². The van der Waals surface area contributed by atoms with Gasteiger partial charge in [-0.25, -0.2) is 9.32 Å². The van der Waals surface area contributed by atoms with Gasteiger partial charge in [0.2, 0.25) is 0 Å². The molecule has 8 heavy (non-hydrogen) atoms. The summed E-state index contributed by atoms with van der Waals surface area (Å²) in [5.74, 6) is 0. The lowest BCUT2D eigenvalue weighted by Gasteiger charge is -1.81. The normalized spacial score (nSPS) is 7.25. The predicted octanol–water partition coefficient (Wildman–Crippen LogP) is 1.31. The van der Waals surface area contributed by atoms with Gasteiger partial charge in [0.1, 0.15) is 0 Å². The molecule has 0 aromatic rings. The Morgan fingerprint density at radius 3 is 1.88 bits per heavy atom. The van der Waals surface area contributed by atoms with Crippen molar-refractivity contribution < 1.29 is 0 Å². The van der Waals surface area contributed by atoms with Crippen LogP contribution in [-0.2, 0) is 0 Å². The minimum Gasteiger partial charge on any atom is -0.243 e. The summed E-state index contributed by atoms with van der Waals surface area (Å²) in [5.41, 5.74) is 0. The van der Waals surface area contributed by atoms with Crippen molar-refractivity contribution >= 4 is 43.9 Å². The van der Waals surface area contributed by atoms with Crippen LogP contribution in [0.15, 0.2) is 9.32 Å². The van der Waals surface area contributed by atoms with Crippen molar-refractivity contribution in [3.63, 3.8) is 0 Å². The van der Waals surface area contributed by atoms with E-state index in [2.05, 4.69) is 44.1 Å². The van der Waals surface area contributed by atoms with E-state index in [9.17, 15) is 0 Å². The Balaban J connectivity index is 3.82. The zero-order valence-corrected chi connectivity index (χ0v) is 6.84. The average molecular weight is 159 g/mol. The molecule has 0 aromatic heterocycles. The predicted molar refractivity (Wildman–Crippen MR) is 41.7 cm³/mol. The summed E-state index contributed by atoms with van der Waals surface area (Å²) in [6, 6.07) is 0. The molecule has 0 amide bonds. The van der Waals surface area contributed by atoms with Crippen LogP contribution >= 0.6 is 24.4 Å². The van der Waals surface area contributed by atoms with Gasteiger partial charge in [-0.1, -0.05) is 0 Å². The average Bonchev–Trinajstić information content (AvgIpc) is 1.68. The van der Waals surface area contributed by atoms with Crippen molar-refractivity contribution in [1.82, 2.24) is 0 Å². The molecule has 2 nitrogen and oxygen atoms in total. The highest BCUT2D eigenvalue weighted by atomic mass is 32.1. The van der Waals surface area contributed by atoms with Crippen molar-refractivity contribution in [2.45, 2.75) is 6.55 Å². The zero-order chi connectivity index (χ0) is 6.41. The van der Waals surface area contributed by atoms with Crippen LogP contribution in [0.2, 0.25) is 6.55 Å². The van der Waals surface area contributed by atoms with Gasteiger partial charge in [0, 0.05) is 0 Å².